The van der Waals surface area contributed by atoms with Gasteiger partial charge in [0.25, 0.3) is 0 Å². The number of methoxy groups -OCH3 is 1. The first-order valence-corrected chi connectivity index (χ1v) is 4.78. The summed E-state index contributed by atoms with van der Waals surface area (Å²) in [5, 5.41) is 0. The summed E-state index contributed by atoms with van der Waals surface area (Å²) < 4.78 is 4.55. The molecule has 0 aliphatic rings. The van der Waals surface area contributed by atoms with Gasteiger partial charge >= 0.3 is 5.97 Å². The summed E-state index contributed by atoms with van der Waals surface area (Å²) in [5.41, 5.74) is 0. The zero-order chi connectivity index (χ0) is 11.1. The van der Waals surface area contributed by atoms with Gasteiger partial charge < -0.3 is 9.64 Å². The highest BCUT2D eigenvalue weighted by Gasteiger charge is 2.04. The minimum absolute atomic E-state index is 0.175. The fourth-order valence-corrected chi connectivity index (χ4v) is 1.19. The van der Waals surface area contributed by atoms with Crippen LogP contribution in [-0.4, -0.2) is 36.6 Å². The van der Waals surface area contributed by atoms with Gasteiger partial charge in [-0.1, -0.05) is 0 Å². The molecule has 0 unspecified atom stereocenters. The maximum Gasteiger partial charge on any atom is 0.305 e. The minimum Gasteiger partial charge on any atom is -0.469 e. The minimum atomic E-state index is -0.175. The van der Waals surface area contributed by atoms with Crippen LogP contribution in [-0.2, 0) is 9.53 Å². The monoisotopic (exact) mass is 209 g/mol. The van der Waals surface area contributed by atoms with Gasteiger partial charge in [0.05, 0.1) is 7.11 Å². The summed E-state index contributed by atoms with van der Waals surface area (Å²) in [5.74, 6) is 0.681. The summed E-state index contributed by atoms with van der Waals surface area (Å²) in [6, 6.07) is 1.83. The Hall–Kier alpha value is -1.65. The van der Waals surface area contributed by atoms with Crippen LogP contribution in [0.3, 0.4) is 0 Å². The van der Waals surface area contributed by atoms with Crippen LogP contribution in [0.15, 0.2) is 18.6 Å². The van der Waals surface area contributed by atoms with Gasteiger partial charge in [-0.15, -0.1) is 0 Å². The predicted molar refractivity (Wildman–Crippen MR) is 56.6 cm³/mol. The van der Waals surface area contributed by atoms with E-state index in [0.717, 1.165) is 18.8 Å². The second kappa shape index (κ2) is 5.95. The molecule has 82 valence electrons. The standard InChI is InChI=1S/C10H15N3O2/c1-13(7-3-4-10(14)15-2)9-5-6-11-8-12-9/h5-6,8H,3-4,7H2,1-2H3. The lowest BCUT2D eigenvalue weighted by molar-refractivity contribution is -0.140. The lowest BCUT2D eigenvalue weighted by Gasteiger charge is -2.16. The molecule has 0 aliphatic carbocycles. The first-order valence-electron chi connectivity index (χ1n) is 4.78. The molecule has 0 bridgehead atoms. The fraction of sp³-hybridized carbons (Fsp3) is 0.500. The van der Waals surface area contributed by atoms with E-state index in [2.05, 4.69) is 14.7 Å². The molecule has 0 aliphatic heterocycles. The summed E-state index contributed by atoms with van der Waals surface area (Å²) in [6.07, 6.45) is 4.39. The lowest BCUT2D eigenvalue weighted by atomic mass is 10.3. The molecule has 1 aromatic rings. The quantitative estimate of drug-likeness (QED) is 0.673. The normalized spacial score (nSPS) is 9.73. The molecular weight excluding hydrogens is 194 g/mol. The van der Waals surface area contributed by atoms with Crippen molar-refractivity contribution in [3.8, 4) is 0 Å². The third-order valence-corrected chi connectivity index (χ3v) is 2.06. The molecule has 0 spiro atoms. The largest absolute Gasteiger partial charge is 0.469 e. The van der Waals surface area contributed by atoms with Crippen LogP contribution >= 0.6 is 0 Å². The Bertz CT molecular complexity index is 303. The van der Waals surface area contributed by atoms with Crippen molar-refractivity contribution in [3.63, 3.8) is 0 Å². The molecule has 1 heterocycles. The van der Waals surface area contributed by atoms with Crippen molar-refractivity contribution >= 4 is 11.8 Å². The molecule has 0 aromatic carbocycles. The van der Waals surface area contributed by atoms with Gasteiger partial charge in [-0.05, 0) is 12.5 Å². The van der Waals surface area contributed by atoms with Crippen LogP contribution < -0.4 is 4.90 Å². The van der Waals surface area contributed by atoms with E-state index >= 15 is 0 Å². The molecule has 0 saturated carbocycles. The second-order valence-corrected chi connectivity index (χ2v) is 3.17. The van der Waals surface area contributed by atoms with Crippen LogP contribution in [0.4, 0.5) is 5.82 Å². The topological polar surface area (TPSA) is 55.3 Å². The van der Waals surface area contributed by atoms with Gasteiger partial charge in [0.1, 0.15) is 12.1 Å². The summed E-state index contributed by atoms with van der Waals surface area (Å²) in [7, 11) is 3.33. The zero-order valence-electron chi connectivity index (χ0n) is 9.01. The number of nitrogens with zero attached hydrogens (tertiary/aromatic N) is 3. The highest BCUT2D eigenvalue weighted by atomic mass is 16.5. The molecule has 0 atom stereocenters. The highest BCUT2D eigenvalue weighted by molar-refractivity contribution is 5.69. The average Bonchev–Trinajstić information content (AvgIpc) is 2.29. The number of esters is 1. The summed E-state index contributed by atoms with van der Waals surface area (Å²) >= 11 is 0. The Balaban J connectivity index is 2.31. The molecule has 1 aromatic heterocycles. The van der Waals surface area contributed by atoms with Gasteiger partial charge in [0.15, 0.2) is 0 Å². The van der Waals surface area contributed by atoms with E-state index in [1.807, 2.05) is 18.0 Å². The van der Waals surface area contributed by atoms with Gasteiger partial charge in [-0.3, -0.25) is 4.79 Å². The van der Waals surface area contributed by atoms with Crippen molar-refractivity contribution < 1.29 is 9.53 Å². The Morgan fingerprint density at radius 3 is 3.00 bits per heavy atom. The summed E-state index contributed by atoms with van der Waals surface area (Å²) in [4.78, 5) is 20.8. The van der Waals surface area contributed by atoms with Gasteiger partial charge in [0, 0.05) is 26.2 Å². The molecule has 0 saturated heterocycles. The third kappa shape index (κ3) is 3.93. The maximum absolute atomic E-state index is 10.9. The third-order valence-electron chi connectivity index (χ3n) is 2.06. The van der Waals surface area contributed by atoms with Gasteiger partial charge in [-0.2, -0.15) is 0 Å². The van der Waals surface area contributed by atoms with Crippen LogP contribution in [0.25, 0.3) is 0 Å². The van der Waals surface area contributed by atoms with Crippen LogP contribution in [0.5, 0.6) is 0 Å². The van der Waals surface area contributed by atoms with E-state index in [1.54, 1.807) is 6.20 Å². The van der Waals surface area contributed by atoms with Crippen molar-refractivity contribution in [2.75, 3.05) is 25.6 Å². The SMILES string of the molecule is COC(=O)CCCN(C)c1ccncn1. The van der Waals surface area contributed by atoms with Crippen LogP contribution in [0, 0.1) is 0 Å². The first kappa shape index (κ1) is 11.4. The average molecular weight is 209 g/mol. The molecule has 5 nitrogen and oxygen atoms in total. The predicted octanol–water partition coefficient (Wildman–Crippen LogP) is 0.866. The molecule has 0 fully saturated rings. The number of ether oxygens (including phenoxy) is 1. The van der Waals surface area contributed by atoms with E-state index in [-0.39, 0.29) is 5.97 Å². The molecule has 15 heavy (non-hydrogen) atoms. The number of hydrogen-bond donors (Lipinski definition) is 0. The molecule has 0 amide bonds. The number of hydrogen-bond acceptors (Lipinski definition) is 5. The van der Waals surface area contributed by atoms with Crippen molar-refractivity contribution in [3.05, 3.63) is 18.6 Å². The molecule has 0 radical (unpaired) electrons. The molecule has 5 heteroatoms. The van der Waals surface area contributed by atoms with Crippen LogP contribution in [0.2, 0.25) is 0 Å². The van der Waals surface area contributed by atoms with E-state index in [0.29, 0.717) is 6.42 Å². The van der Waals surface area contributed by atoms with Gasteiger partial charge in [-0.25, -0.2) is 9.97 Å². The highest BCUT2D eigenvalue weighted by Crippen LogP contribution is 2.06. The number of anilines is 1. The fourth-order valence-electron chi connectivity index (χ4n) is 1.19. The zero-order valence-corrected chi connectivity index (χ0v) is 9.01. The lowest BCUT2D eigenvalue weighted by Crippen LogP contribution is -2.20. The first-order chi connectivity index (χ1) is 7.24. The number of carbonyl (C=O) groups is 1. The Kier molecular flexibility index (Phi) is 4.53. The maximum atomic E-state index is 10.9. The summed E-state index contributed by atoms with van der Waals surface area (Å²) in [6.45, 7) is 0.770. The smallest absolute Gasteiger partial charge is 0.305 e. The van der Waals surface area contributed by atoms with Crippen molar-refractivity contribution in [1.29, 1.82) is 0 Å². The Morgan fingerprint density at radius 2 is 2.40 bits per heavy atom. The van der Waals surface area contributed by atoms with Crippen LogP contribution in [0.1, 0.15) is 12.8 Å². The Labute approximate surface area is 89.1 Å². The number of carbonyl (C=O) groups excluding carboxylic acids is 1. The Morgan fingerprint density at radius 1 is 1.60 bits per heavy atom. The van der Waals surface area contributed by atoms with Crippen molar-refractivity contribution in [1.82, 2.24) is 9.97 Å². The number of aromatic nitrogens is 2. The molecular formula is C10H15N3O2. The van der Waals surface area contributed by atoms with Gasteiger partial charge in [0.2, 0.25) is 0 Å². The van der Waals surface area contributed by atoms with E-state index in [1.165, 1.54) is 13.4 Å². The second-order valence-electron chi connectivity index (χ2n) is 3.17. The van der Waals surface area contributed by atoms with E-state index < -0.39 is 0 Å². The molecule has 0 N–H and O–H groups in total. The molecule has 1 rings (SSSR count). The number of rotatable bonds is 5. The van der Waals surface area contributed by atoms with E-state index in [4.69, 9.17) is 0 Å². The van der Waals surface area contributed by atoms with E-state index in [9.17, 15) is 4.79 Å². The van der Waals surface area contributed by atoms with Crippen molar-refractivity contribution in [2.45, 2.75) is 12.8 Å². The van der Waals surface area contributed by atoms with Crippen molar-refractivity contribution in [2.24, 2.45) is 0 Å².